The average Bonchev–Trinajstić information content (AvgIpc) is 3.09. The summed E-state index contributed by atoms with van der Waals surface area (Å²) in [5.74, 6) is -1.74. The fraction of sp³-hybridized carbons (Fsp3) is 0.130. The number of imide groups is 1. The van der Waals surface area contributed by atoms with Crippen molar-refractivity contribution in [2.24, 2.45) is 0 Å². The Morgan fingerprint density at radius 1 is 1.00 bits per heavy atom. The van der Waals surface area contributed by atoms with E-state index in [2.05, 4.69) is 15.9 Å². The van der Waals surface area contributed by atoms with E-state index < -0.39 is 33.7 Å². The van der Waals surface area contributed by atoms with Gasteiger partial charge >= 0.3 is 0 Å². The highest BCUT2D eigenvalue weighted by molar-refractivity contribution is 9.10. The summed E-state index contributed by atoms with van der Waals surface area (Å²) in [4.78, 5) is 26.9. The average molecular weight is 586 g/mol. The van der Waals surface area contributed by atoms with E-state index in [1.54, 1.807) is 24.3 Å². The molecule has 0 saturated carbocycles. The first-order valence-corrected chi connectivity index (χ1v) is 12.9. The SMILES string of the molecule is O=C1CC(N(Cc2ccc(F)cc2)S(=O)(=O)c2cc(Cl)ccc2Cl)C(=O)N1c1ccc(Br)cc1. The Hall–Kier alpha value is -2.30. The minimum absolute atomic E-state index is 0.0879. The zero-order valence-electron chi connectivity index (χ0n) is 17.3. The monoisotopic (exact) mass is 584 g/mol. The summed E-state index contributed by atoms with van der Waals surface area (Å²) < 4.78 is 42.5. The van der Waals surface area contributed by atoms with Crippen molar-refractivity contribution in [2.45, 2.75) is 23.9 Å². The molecule has 0 radical (unpaired) electrons. The van der Waals surface area contributed by atoms with Crippen molar-refractivity contribution in [3.05, 3.63) is 92.6 Å². The van der Waals surface area contributed by atoms with Crippen LogP contribution in [0.1, 0.15) is 12.0 Å². The Labute approximate surface area is 214 Å². The molecular weight excluding hydrogens is 570 g/mol. The summed E-state index contributed by atoms with van der Waals surface area (Å²) in [6.07, 6.45) is -0.368. The number of hydrogen-bond donors (Lipinski definition) is 0. The largest absolute Gasteiger partial charge is 0.274 e. The second-order valence-electron chi connectivity index (χ2n) is 7.52. The van der Waals surface area contributed by atoms with Gasteiger partial charge in [-0.15, -0.1) is 0 Å². The second kappa shape index (κ2) is 9.75. The van der Waals surface area contributed by atoms with Gasteiger partial charge in [-0.2, -0.15) is 4.31 Å². The van der Waals surface area contributed by atoms with Gasteiger partial charge in [-0.3, -0.25) is 9.59 Å². The number of amides is 2. The standard InChI is InChI=1S/C23H16BrCl2FN2O4S/c24-15-3-8-18(9-4-15)29-22(30)12-20(23(29)31)28(13-14-1-6-17(27)7-2-14)34(32,33)21-11-16(25)5-10-19(21)26/h1-11,20H,12-13H2. The summed E-state index contributed by atoms with van der Waals surface area (Å²) in [5.41, 5.74) is 0.742. The lowest BCUT2D eigenvalue weighted by Gasteiger charge is -2.27. The number of halogens is 4. The molecule has 1 atom stereocenters. The lowest BCUT2D eigenvalue weighted by atomic mass is 10.2. The minimum Gasteiger partial charge on any atom is -0.274 e. The number of rotatable bonds is 6. The van der Waals surface area contributed by atoms with Gasteiger partial charge in [0.05, 0.1) is 17.1 Å². The molecular formula is C23H16BrCl2FN2O4S. The van der Waals surface area contributed by atoms with Gasteiger partial charge in [-0.05, 0) is 60.2 Å². The summed E-state index contributed by atoms with van der Waals surface area (Å²) in [5, 5.41) is 0.0464. The number of hydrogen-bond acceptors (Lipinski definition) is 4. The van der Waals surface area contributed by atoms with Gasteiger partial charge in [0.15, 0.2) is 0 Å². The Kier molecular flexibility index (Phi) is 7.12. The number of benzene rings is 3. The quantitative estimate of drug-likeness (QED) is 0.362. The van der Waals surface area contributed by atoms with Crippen molar-refractivity contribution in [1.82, 2.24) is 4.31 Å². The molecule has 3 aromatic rings. The van der Waals surface area contributed by atoms with Gasteiger partial charge in [0, 0.05) is 16.0 Å². The van der Waals surface area contributed by atoms with E-state index in [-0.39, 0.29) is 27.9 Å². The Morgan fingerprint density at radius 2 is 1.65 bits per heavy atom. The van der Waals surface area contributed by atoms with Gasteiger partial charge < -0.3 is 0 Å². The van der Waals surface area contributed by atoms with Crippen molar-refractivity contribution < 1.29 is 22.4 Å². The van der Waals surface area contributed by atoms with Crippen LogP contribution in [-0.2, 0) is 26.2 Å². The van der Waals surface area contributed by atoms with Crippen LogP contribution >= 0.6 is 39.1 Å². The van der Waals surface area contributed by atoms with E-state index in [1.165, 1.54) is 42.5 Å². The summed E-state index contributed by atoms with van der Waals surface area (Å²) >= 11 is 15.5. The fourth-order valence-corrected chi connectivity index (χ4v) is 6.21. The first-order valence-electron chi connectivity index (χ1n) is 9.91. The van der Waals surface area contributed by atoms with Crippen LogP contribution in [0.4, 0.5) is 10.1 Å². The third-order valence-corrected chi connectivity index (χ3v) is 8.39. The van der Waals surface area contributed by atoms with E-state index in [1.807, 2.05) is 0 Å². The van der Waals surface area contributed by atoms with E-state index in [0.717, 1.165) is 13.7 Å². The zero-order valence-corrected chi connectivity index (χ0v) is 21.2. The van der Waals surface area contributed by atoms with Crippen LogP contribution in [-0.4, -0.2) is 30.6 Å². The number of carbonyl (C=O) groups excluding carboxylic acids is 2. The lowest BCUT2D eigenvalue weighted by Crippen LogP contribution is -2.45. The molecule has 0 aromatic heterocycles. The molecule has 2 amide bonds. The van der Waals surface area contributed by atoms with Crippen LogP contribution in [0.3, 0.4) is 0 Å². The maximum absolute atomic E-state index is 13.7. The maximum Gasteiger partial charge on any atom is 0.252 e. The molecule has 34 heavy (non-hydrogen) atoms. The Bertz CT molecular complexity index is 1370. The van der Waals surface area contributed by atoms with E-state index in [9.17, 15) is 22.4 Å². The smallest absolute Gasteiger partial charge is 0.252 e. The van der Waals surface area contributed by atoms with E-state index >= 15 is 0 Å². The summed E-state index contributed by atoms with van der Waals surface area (Å²) in [6.45, 7) is -0.288. The highest BCUT2D eigenvalue weighted by Crippen LogP contribution is 2.34. The molecule has 4 rings (SSSR count). The van der Waals surface area contributed by atoms with Crippen molar-refractivity contribution in [3.63, 3.8) is 0 Å². The van der Waals surface area contributed by atoms with Gasteiger partial charge in [-0.25, -0.2) is 17.7 Å². The van der Waals surface area contributed by atoms with E-state index in [0.29, 0.717) is 11.3 Å². The molecule has 0 N–H and O–H groups in total. The summed E-state index contributed by atoms with van der Waals surface area (Å²) in [6, 6.07) is 14.3. The molecule has 0 spiro atoms. The van der Waals surface area contributed by atoms with Gasteiger partial charge in [-0.1, -0.05) is 51.3 Å². The first-order chi connectivity index (χ1) is 16.1. The van der Waals surface area contributed by atoms with Crippen molar-refractivity contribution in [1.29, 1.82) is 0 Å². The molecule has 1 saturated heterocycles. The minimum atomic E-state index is -4.40. The molecule has 1 aliphatic rings. The Balaban J connectivity index is 1.78. The molecule has 1 heterocycles. The predicted molar refractivity (Wildman–Crippen MR) is 131 cm³/mol. The van der Waals surface area contributed by atoms with Crippen LogP contribution in [0.15, 0.2) is 76.1 Å². The highest BCUT2D eigenvalue weighted by atomic mass is 79.9. The molecule has 176 valence electrons. The van der Waals surface area contributed by atoms with Crippen molar-refractivity contribution >= 4 is 66.7 Å². The number of sulfonamides is 1. The summed E-state index contributed by atoms with van der Waals surface area (Å²) in [7, 11) is -4.40. The lowest BCUT2D eigenvalue weighted by molar-refractivity contribution is -0.122. The zero-order chi connectivity index (χ0) is 24.6. The molecule has 1 fully saturated rings. The molecule has 11 heteroatoms. The molecule has 0 aliphatic carbocycles. The van der Waals surface area contributed by atoms with Crippen LogP contribution in [0.25, 0.3) is 0 Å². The molecule has 1 aliphatic heterocycles. The van der Waals surface area contributed by atoms with E-state index in [4.69, 9.17) is 23.2 Å². The number of carbonyl (C=O) groups is 2. The van der Waals surface area contributed by atoms with Crippen molar-refractivity contribution in [3.8, 4) is 0 Å². The molecule has 0 bridgehead atoms. The third-order valence-electron chi connectivity index (χ3n) is 5.29. The molecule has 6 nitrogen and oxygen atoms in total. The van der Waals surface area contributed by atoms with Gasteiger partial charge in [0.25, 0.3) is 5.91 Å². The maximum atomic E-state index is 13.7. The van der Waals surface area contributed by atoms with Crippen LogP contribution in [0, 0.1) is 5.82 Å². The Morgan fingerprint density at radius 3 is 2.29 bits per heavy atom. The highest BCUT2D eigenvalue weighted by Gasteiger charge is 2.47. The molecule has 1 unspecified atom stereocenters. The van der Waals surface area contributed by atoms with Gasteiger partial charge in [0.1, 0.15) is 16.8 Å². The fourth-order valence-electron chi connectivity index (χ4n) is 3.64. The van der Waals surface area contributed by atoms with Crippen LogP contribution < -0.4 is 4.90 Å². The number of anilines is 1. The third kappa shape index (κ3) is 4.89. The number of nitrogens with zero attached hydrogens (tertiary/aromatic N) is 2. The van der Waals surface area contributed by atoms with Crippen LogP contribution in [0.5, 0.6) is 0 Å². The molecule has 3 aromatic carbocycles. The predicted octanol–water partition coefficient (Wildman–Crippen LogP) is 5.42. The topological polar surface area (TPSA) is 74.8 Å². The van der Waals surface area contributed by atoms with Crippen LogP contribution in [0.2, 0.25) is 10.0 Å². The second-order valence-corrected chi connectivity index (χ2v) is 11.1. The van der Waals surface area contributed by atoms with Gasteiger partial charge in [0.2, 0.25) is 15.9 Å². The first kappa shape index (κ1) is 24.8. The normalized spacial score (nSPS) is 16.5. The van der Waals surface area contributed by atoms with Crippen molar-refractivity contribution in [2.75, 3.05) is 4.90 Å².